The molecule has 1 fully saturated rings. The van der Waals surface area contributed by atoms with Crippen molar-refractivity contribution in [2.45, 2.75) is 6.54 Å². The number of carbonyl (C=O) groups is 1. The minimum absolute atomic E-state index is 0.123. The third kappa shape index (κ3) is 4.86. The molecule has 4 rings (SSSR count). The van der Waals surface area contributed by atoms with Gasteiger partial charge in [-0.3, -0.25) is 19.7 Å². The molecule has 3 aromatic rings. The Bertz CT molecular complexity index is 869. The summed E-state index contributed by atoms with van der Waals surface area (Å²) in [4.78, 5) is 18.3. The highest BCUT2D eigenvalue weighted by molar-refractivity contribution is 7.13. The predicted molar refractivity (Wildman–Crippen MR) is 112 cm³/mol. The van der Waals surface area contributed by atoms with E-state index in [1.54, 1.807) is 11.3 Å². The second-order valence-corrected chi connectivity index (χ2v) is 7.95. The first-order valence-corrected chi connectivity index (χ1v) is 10.5. The fraction of sp³-hybridized carbons (Fsp3) is 0.333. The first-order chi connectivity index (χ1) is 13.8. The maximum absolute atomic E-state index is 12.3. The molecule has 1 aromatic carbocycles. The molecule has 0 unspecified atom stereocenters. The summed E-state index contributed by atoms with van der Waals surface area (Å²) >= 11 is 1.62. The number of amides is 1. The van der Waals surface area contributed by atoms with Gasteiger partial charge >= 0.3 is 0 Å². The Balaban J connectivity index is 1.17. The summed E-state index contributed by atoms with van der Waals surface area (Å²) in [6.07, 6.45) is 0. The molecule has 0 saturated carbocycles. The number of carbonyl (C=O) groups excluding carboxylic acids is 1. The van der Waals surface area contributed by atoms with Gasteiger partial charge in [0.05, 0.1) is 10.6 Å². The number of aromatic amines is 1. The number of H-pyrrole nitrogens is 1. The molecule has 0 bridgehead atoms. The average molecular weight is 396 g/mol. The van der Waals surface area contributed by atoms with Crippen molar-refractivity contribution in [3.05, 3.63) is 65.2 Å². The summed E-state index contributed by atoms with van der Waals surface area (Å²) in [6.45, 7) is 6.71. The van der Waals surface area contributed by atoms with E-state index in [0.717, 1.165) is 49.8 Å². The van der Waals surface area contributed by atoms with E-state index in [2.05, 4.69) is 55.6 Å². The molecular weight excluding hydrogens is 370 g/mol. The molecule has 2 aromatic heterocycles. The van der Waals surface area contributed by atoms with E-state index in [0.29, 0.717) is 12.2 Å². The summed E-state index contributed by atoms with van der Waals surface area (Å²) in [7, 11) is 0. The number of hydrogen-bond donors (Lipinski definition) is 2. The van der Waals surface area contributed by atoms with Crippen molar-refractivity contribution in [3.63, 3.8) is 0 Å². The van der Waals surface area contributed by atoms with Crippen LogP contribution < -0.4 is 5.32 Å². The van der Waals surface area contributed by atoms with E-state index in [4.69, 9.17) is 0 Å². The largest absolute Gasteiger partial charge is 0.349 e. The lowest BCUT2D eigenvalue weighted by atomic mass is 10.2. The normalized spacial score (nSPS) is 15.6. The van der Waals surface area contributed by atoms with Crippen molar-refractivity contribution < 1.29 is 4.79 Å². The number of hydrogen-bond acceptors (Lipinski definition) is 5. The molecule has 1 amide bonds. The minimum Gasteiger partial charge on any atom is -0.349 e. The van der Waals surface area contributed by atoms with Crippen LogP contribution in [0.25, 0.3) is 10.6 Å². The molecule has 2 N–H and O–H groups in total. The van der Waals surface area contributed by atoms with Gasteiger partial charge in [-0.2, -0.15) is 5.10 Å². The van der Waals surface area contributed by atoms with E-state index < -0.39 is 0 Å². The summed E-state index contributed by atoms with van der Waals surface area (Å²) in [5.74, 6) is -0.123. The van der Waals surface area contributed by atoms with E-state index >= 15 is 0 Å². The summed E-state index contributed by atoms with van der Waals surface area (Å²) < 4.78 is 0. The SMILES string of the molecule is O=C(NCCN1CCN(Cc2ccccc2)CC1)c1cc(-c2cccs2)[nH]n1. The van der Waals surface area contributed by atoms with Gasteiger partial charge in [-0.1, -0.05) is 36.4 Å². The Morgan fingerprint density at radius 2 is 1.86 bits per heavy atom. The van der Waals surface area contributed by atoms with Crippen molar-refractivity contribution in [2.24, 2.45) is 0 Å². The molecule has 0 atom stereocenters. The summed E-state index contributed by atoms with van der Waals surface area (Å²) in [5.41, 5.74) is 2.69. The molecule has 0 aliphatic carbocycles. The monoisotopic (exact) mass is 395 g/mol. The van der Waals surface area contributed by atoms with Crippen LogP contribution in [0.1, 0.15) is 16.1 Å². The molecule has 146 valence electrons. The topological polar surface area (TPSA) is 64.3 Å². The van der Waals surface area contributed by atoms with Crippen LogP contribution in [0.15, 0.2) is 53.9 Å². The second-order valence-electron chi connectivity index (χ2n) is 7.00. The van der Waals surface area contributed by atoms with Crippen LogP contribution in [0.3, 0.4) is 0 Å². The number of nitrogens with zero attached hydrogens (tertiary/aromatic N) is 3. The van der Waals surface area contributed by atoms with Gasteiger partial charge in [0, 0.05) is 45.8 Å². The molecular formula is C21H25N5OS. The predicted octanol–water partition coefficient (Wildman–Crippen LogP) is 2.69. The highest BCUT2D eigenvalue weighted by Crippen LogP contribution is 2.22. The van der Waals surface area contributed by atoms with Crippen LogP contribution in [0, 0.1) is 0 Å². The van der Waals surface area contributed by atoms with Crippen LogP contribution in [0.2, 0.25) is 0 Å². The molecule has 1 aliphatic heterocycles. The van der Waals surface area contributed by atoms with E-state index in [-0.39, 0.29) is 5.91 Å². The van der Waals surface area contributed by atoms with Gasteiger partial charge in [0.1, 0.15) is 0 Å². The van der Waals surface area contributed by atoms with Gasteiger partial charge in [-0.25, -0.2) is 0 Å². The standard InChI is InChI=1S/C21H25N5OS/c27-21(19-15-18(23-24-19)20-7-4-14-28-20)22-8-9-25-10-12-26(13-11-25)16-17-5-2-1-3-6-17/h1-7,14-15H,8-13,16H2,(H,22,27)(H,23,24). The Morgan fingerprint density at radius 1 is 1.07 bits per heavy atom. The van der Waals surface area contributed by atoms with Gasteiger partial charge < -0.3 is 5.32 Å². The zero-order chi connectivity index (χ0) is 19.2. The highest BCUT2D eigenvalue weighted by Gasteiger charge is 2.17. The lowest BCUT2D eigenvalue weighted by molar-refractivity contribution is 0.0929. The Labute approximate surface area is 169 Å². The van der Waals surface area contributed by atoms with Gasteiger partial charge in [-0.15, -0.1) is 11.3 Å². The first kappa shape index (κ1) is 18.9. The van der Waals surface area contributed by atoms with E-state index in [1.165, 1.54) is 5.56 Å². The Morgan fingerprint density at radius 3 is 2.61 bits per heavy atom. The number of thiophene rings is 1. The smallest absolute Gasteiger partial charge is 0.271 e. The third-order valence-corrected chi connectivity index (χ3v) is 5.93. The lowest BCUT2D eigenvalue weighted by Gasteiger charge is -2.34. The van der Waals surface area contributed by atoms with Gasteiger partial charge in [0.15, 0.2) is 5.69 Å². The van der Waals surface area contributed by atoms with E-state index in [9.17, 15) is 4.79 Å². The Kier molecular flexibility index (Phi) is 6.16. The number of nitrogens with one attached hydrogen (secondary N) is 2. The van der Waals surface area contributed by atoms with Crippen LogP contribution >= 0.6 is 11.3 Å². The molecule has 3 heterocycles. The van der Waals surface area contributed by atoms with Crippen molar-refractivity contribution in [1.82, 2.24) is 25.3 Å². The maximum atomic E-state index is 12.3. The van der Waals surface area contributed by atoms with Crippen molar-refractivity contribution in [3.8, 4) is 10.6 Å². The summed E-state index contributed by atoms with van der Waals surface area (Å²) in [6, 6.07) is 16.4. The van der Waals surface area contributed by atoms with Crippen molar-refractivity contribution in [1.29, 1.82) is 0 Å². The molecule has 1 saturated heterocycles. The second kappa shape index (κ2) is 9.14. The number of aromatic nitrogens is 2. The zero-order valence-corrected chi connectivity index (χ0v) is 16.6. The van der Waals surface area contributed by atoms with Crippen molar-refractivity contribution in [2.75, 3.05) is 39.3 Å². The number of rotatable bonds is 7. The lowest BCUT2D eigenvalue weighted by Crippen LogP contribution is -2.48. The third-order valence-electron chi connectivity index (χ3n) is 5.02. The molecule has 6 nitrogen and oxygen atoms in total. The van der Waals surface area contributed by atoms with Crippen LogP contribution in [0.4, 0.5) is 0 Å². The quantitative estimate of drug-likeness (QED) is 0.646. The minimum atomic E-state index is -0.123. The van der Waals surface area contributed by atoms with Crippen molar-refractivity contribution >= 4 is 17.2 Å². The van der Waals surface area contributed by atoms with Crippen LogP contribution in [0.5, 0.6) is 0 Å². The fourth-order valence-electron chi connectivity index (χ4n) is 3.43. The fourth-order valence-corrected chi connectivity index (χ4v) is 4.12. The molecule has 28 heavy (non-hydrogen) atoms. The molecule has 0 radical (unpaired) electrons. The molecule has 0 spiro atoms. The first-order valence-electron chi connectivity index (χ1n) is 9.64. The average Bonchev–Trinajstić information content (AvgIpc) is 3.42. The van der Waals surface area contributed by atoms with Gasteiger partial charge in [0.2, 0.25) is 0 Å². The molecule has 1 aliphatic rings. The number of piperazine rings is 1. The van der Waals surface area contributed by atoms with Gasteiger partial charge in [-0.05, 0) is 23.1 Å². The maximum Gasteiger partial charge on any atom is 0.271 e. The van der Waals surface area contributed by atoms with Crippen LogP contribution in [-0.4, -0.2) is 65.2 Å². The summed E-state index contributed by atoms with van der Waals surface area (Å²) in [5, 5.41) is 12.1. The molecule has 7 heteroatoms. The van der Waals surface area contributed by atoms with Crippen LogP contribution in [-0.2, 0) is 6.54 Å². The number of benzene rings is 1. The Hall–Kier alpha value is -2.48. The van der Waals surface area contributed by atoms with E-state index in [1.807, 2.05) is 23.6 Å². The highest BCUT2D eigenvalue weighted by atomic mass is 32.1. The zero-order valence-electron chi connectivity index (χ0n) is 15.8. The van der Waals surface area contributed by atoms with Gasteiger partial charge in [0.25, 0.3) is 5.91 Å².